The lowest BCUT2D eigenvalue weighted by Gasteiger charge is -2.19. The summed E-state index contributed by atoms with van der Waals surface area (Å²) in [6.07, 6.45) is 5.67. The second-order valence-electron chi connectivity index (χ2n) is 6.16. The van der Waals surface area contributed by atoms with E-state index in [4.69, 9.17) is 16.3 Å². The Labute approximate surface area is 147 Å². The van der Waals surface area contributed by atoms with Crippen LogP contribution in [-0.2, 0) is 22.4 Å². The highest BCUT2D eigenvalue weighted by molar-refractivity contribution is 6.30. The Balaban J connectivity index is 1.48. The standard InChI is InChI=1S/C19H21ClN2O2/c20-17-4-1-14(2-5-17)3-6-19(23)22-18-13-24-12-16(18)11-15-7-9-21-10-8-15/h1-2,4-5,7-10,16,18H,3,6,11-13H2,(H,22,23)/t16-,18+/m1/s1. The number of aryl methyl sites for hydroxylation is 1. The van der Waals surface area contributed by atoms with Crippen LogP contribution in [0.15, 0.2) is 48.8 Å². The summed E-state index contributed by atoms with van der Waals surface area (Å²) in [6, 6.07) is 11.7. The summed E-state index contributed by atoms with van der Waals surface area (Å²) in [5.74, 6) is 0.382. The number of carbonyl (C=O) groups is 1. The van der Waals surface area contributed by atoms with Crippen LogP contribution in [0.5, 0.6) is 0 Å². The van der Waals surface area contributed by atoms with Gasteiger partial charge in [-0.15, -0.1) is 0 Å². The van der Waals surface area contributed by atoms with E-state index in [-0.39, 0.29) is 11.9 Å². The SMILES string of the molecule is O=C(CCc1ccc(Cl)cc1)N[C@H]1COC[C@H]1Cc1ccncc1. The molecular weight excluding hydrogens is 324 g/mol. The molecule has 0 radical (unpaired) electrons. The number of hydrogen-bond donors (Lipinski definition) is 1. The number of nitrogens with one attached hydrogen (secondary N) is 1. The van der Waals surface area contributed by atoms with E-state index in [0.717, 1.165) is 12.0 Å². The fourth-order valence-corrected chi connectivity index (χ4v) is 3.09. The Morgan fingerprint density at radius 1 is 1.12 bits per heavy atom. The number of amides is 1. The number of carbonyl (C=O) groups excluding carboxylic acids is 1. The number of halogens is 1. The smallest absolute Gasteiger partial charge is 0.220 e. The predicted molar refractivity (Wildman–Crippen MR) is 94.0 cm³/mol. The Morgan fingerprint density at radius 3 is 2.62 bits per heavy atom. The lowest BCUT2D eigenvalue weighted by atomic mass is 9.95. The van der Waals surface area contributed by atoms with Crippen LogP contribution < -0.4 is 5.32 Å². The van der Waals surface area contributed by atoms with Crippen molar-refractivity contribution >= 4 is 17.5 Å². The molecule has 1 aromatic carbocycles. The van der Waals surface area contributed by atoms with Gasteiger partial charge < -0.3 is 10.1 Å². The van der Waals surface area contributed by atoms with Crippen molar-refractivity contribution in [2.24, 2.45) is 5.92 Å². The third-order valence-corrected chi connectivity index (χ3v) is 4.60. The van der Waals surface area contributed by atoms with Gasteiger partial charge in [0.05, 0.1) is 19.3 Å². The van der Waals surface area contributed by atoms with Gasteiger partial charge in [-0.25, -0.2) is 0 Å². The minimum atomic E-state index is 0.0696. The molecule has 5 heteroatoms. The Hall–Kier alpha value is -1.91. The highest BCUT2D eigenvalue weighted by Gasteiger charge is 2.29. The maximum absolute atomic E-state index is 12.2. The number of benzene rings is 1. The third-order valence-electron chi connectivity index (χ3n) is 4.35. The number of aromatic nitrogens is 1. The molecule has 1 aliphatic rings. The van der Waals surface area contributed by atoms with Gasteiger partial charge in [0.2, 0.25) is 5.91 Å². The Kier molecular flexibility index (Phi) is 5.83. The Morgan fingerprint density at radius 2 is 1.88 bits per heavy atom. The maximum atomic E-state index is 12.2. The molecule has 1 fully saturated rings. The van der Waals surface area contributed by atoms with Crippen LogP contribution in [0.25, 0.3) is 0 Å². The van der Waals surface area contributed by atoms with E-state index in [9.17, 15) is 4.79 Å². The van der Waals surface area contributed by atoms with Crippen LogP contribution in [0.3, 0.4) is 0 Å². The molecule has 1 aliphatic heterocycles. The molecule has 0 aliphatic carbocycles. The minimum Gasteiger partial charge on any atom is -0.379 e. The summed E-state index contributed by atoms with van der Waals surface area (Å²) < 4.78 is 5.57. The fraction of sp³-hybridized carbons (Fsp3) is 0.368. The molecule has 2 heterocycles. The van der Waals surface area contributed by atoms with Crippen molar-refractivity contribution < 1.29 is 9.53 Å². The van der Waals surface area contributed by atoms with Crippen LogP contribution in [0.1, 0.15) is 17.5 Å². The molecule has 0 saturated carbocycles. The van der Waals surface area contributed by atoms with Crippen molar-refractivity contribution in [1.29, 1.82) is 0 Å². The van der Waals surface area contributed by atoms with Crippen molar-refractivity contribution in [1.82, 2.24) is 10.3 Å². The average Bonchev–Trinajstić information content (AvgIpc) is 3.02. The zero-order chi connectivity index (χ0) is 16.8. The van der Waals surface area contributed by atoms with Gasteiger partial charge in [-0.2, -0.15) is 0 Å². The molecule has 2 atom stereocenters. The van der Waals surface area contributed by atoms with Crippen LogP contribution in [0.4, 0.5) is 0 Å². The monoisotopic (exact) mass is 344 g/mol. The molecule has 1 amide bonds. The van der Waals surface area contributed by atoms with Crippen LogP contribution in [0.2, 0.25) is 5.02 Å². The summed E-state index contributed by atoms with van der Waals surface area (Å²) in [7, 11) is 0. The van der Waals surface area contributed by atoms with Gasteiger partial charge in [-0.3, -0.25) is 9.78 Å². The summed E-state index contributed by atoms with van der Waals surface area (Å²) in [4.78, 5) is 16.3. The van der Waals surface area contributed by atoms with Gasteiger partial charge in [0, 0.05) is 29.8 Å². The van der Waals surface area contributed by atoms with E-state index in [2.05, 4.69) is 10.3 Å². The molecule has 1 saturated heterocycles. The first-order valence-corrected chi connectivity index (χ1v) is 8.59. The van der Waals surface area contributed by atoms with Crippen molar-refractivity contribution in [2.45, 2.75) is 25.3 Å². The molecule has 2 aromatic rings. The molecule has 24 heavy (non-hydrogen) atoms. The van der Waals surface area contributed by atoms with Gasteiger partial charge in [0.25, 0.3) is 0 Å². The molecule has 1 aromatic heterocycles. The second-order valence-corrected chi connectivity index (χ2v) is 6.59. The summed E-state index contributed by atoms with van der Waals surface area (Å²) >= 11 is 5.87. The maximum Gasteiger partial charge on any atom is 0.220 e. The summed E-state index contributed by atoms with van der Waals surface area (Å²) in [6.45, 7) is 1.27. The lowest BCUT2D eigenvalue weighted by Crippen LogP contribution is -2.40. The van der Waals surface area contributed by atoms with Crippen molar-refractivity contribution in [2.75, 3.05) is 13.2 Å². The first kappa shape index (κ1) is 16.9. The molecule has 0 unspecified atom stereocenters. The van der Waals surface area contributed by atoms with E-state index in [1.165, 1.54) is 5.56 Å². The third kappa shape index (κ3) is 4.79. The van der Waals surface area contributed by atoms with E-state index >= 15 is 0 Å². The largest absolute Gasteiger partial charge is 0.379 e. The molecule has 4 nitrogen and oxygen atoms in total. The zero-order valence-corrected chi connectivity index (χ0v) is 14.2. The van der Waals surface area contributed by atoms with Crippen molar-refractivity contribution in [3.63, 3.8) is 0 Å². The Bertz CT molecular complexity index is 661. The summed E-state index contributed by atoms with van der Waals surface area (Å²) in [5, 5.41) is 3.84. The first-order valence-electron chi connectivity index (χ1n) is 8.21. The van der Waals surface area contributed by atoms with E-state index in [0.29, 0.717) is 37.0 Å². The van der Waals surface area contributed by atoms with Gasteiger partial charge in [0.15, 0.2) is 0 Å². The number of hydrogen-bond acceptors (Lipinski definition) is 3. The van der Waals surface area contributed by atoms with Crippen molar-refractivity contribution in [3.05, 3.63) is 64.9 Å². The highest BCUT2D eigenvalue weighted by Crippen LogP contribution is 2.19. The molecule has 0 bridgehead atoms. The first-order chi connectivity index (χ1) is 11.7. The molecule has 3 rings (SSSR count). The normalized spacial score (nSPS) is 20.0. The van der Waals surface area contributed by atoms with Gasteiger partial charge >= 0.3 is 0 Å². The highest BCUT2D eigenvalue weighted by atomic mass is 35.5. The number of rotatable bonds is 6. The van der Waals surface area contributed by atoms with Crippen LogP contribution in [-0.4, -0.2) is 30.1 Å². The zero-order valence-electron chi connectivity index (χ0n) is 13.5. The van der Waals surface area contributed by atoms with Gasteiger partial charge in [-0.05, 0) is 48.2 Å². The summed E-state index contributed by atoms with van der Waals surface area (Å²) in [5.41, 5.74) is 2.34. The molecule has 126 valence electrons. The predicted octanol–water partition coefficient (Wildman–Crippen LogP) is 3.04. The average molecular weight is 345 g/mol. The fourth-order valence-electron chi connectivity index (χ4n) is 2.97. The van der Waals surface area contributed by atoms with Crippen LogP contribution in [0, 0.1) is 5.92 Å². The minimum absolute atomic E-state index is 0.0696. The lowest BCUT2D eigenvalue weighted by molar-refractivity contribution is -0.122. The number of ether oxygens (including phenoxy) is 1. The van der Waals surface area contributed by atoms with E-state index < -0.39 is 0 Å². The number of pyridine rings is 1. The van der Waals surface area contributed by atoms with E-state index in [1.54, 1.807) is 12.4 Å². The van der Waals surface area contributed by atoms with Gasteiger partial charge in [-0.1, -0.05) is 23.7 Å². The molecule has 0 spiro atoms. The van der Waals surface area contributed by atoms with E-state index in [1.807, 2.05) is 36.4 Å². The van der Waals surface area contributed by atoms with Crippen molar-refractivity contribution in [3.8, 4) is 0 Å². The molecule has 1 N–H and O–H groups in total. The van der Waals surface area contributed by atoms with Crippen LogP contribution >= 0.6 is 11.6 Å². The molecular formula is C19H21ClN2O2. The van der Waals surface area contributed by atoms with Gasteiger partial charge in [0.1, 0.15) is 0 Å². The number of nitrogens with zero attached hydrogens (tertiary/aromatic N) is 1. The quantitative estimate of drug-likeness (QED) is 0.876. The second kappa shape index (κ2) is 8.27. The topological polar surface area (TPSA) is 51.2 Å².